The zero-order chi connectivity index (χ0) is 10.4. The van der Waals surface area contributed by atoms with Crippen LogP contribution in [0.1, 0.15) is 38.2 Å². The van der Waals surface area contributed by atoms with Crippen LogP contribution < -0.4 is 0 Å². The molecule has 14 heavy (non-hydrogen) atoms. The van der Waals surface area contributed by atoms with Crippen molar-refractivity contribution < 1.29 is 14.3 Å². The molecule has 0 aliphatic carbocycles. The number of hydrogen-bond donors (Lipinski definition) is 1. The van der Waals surface area contributed by atoms with E-state index in [0.717, 1.165) is 18.6 Å². The van der Waals surface area contributed by atoms with Gasteiger partial charge >= 0.3 is 0 Å². The number of hydrogen-bond acceptors (Lipinski definition) is 3. The lowest BCUT2D eigenvalue weighted by Gasteiger charge is -2.09. The summed E-state index contributed by atoms with van der Waals surface area (Å²) in [5.41, 5.74) is 0. The van der Waals surface area contributed by atoms with Gasteiger partial charge in [-0.15, -0.1) is 0 Å². The van der Waals surface area contributed by atoms with Crippen molar-refractivity contribution in [3.8, 4) is 0 Å². The molecular weight excluding hydrogens is 180 g/mol. The monoisotopic (exact) mass is 198 g/mol. The molecule has 0 aliphatic rings. The second-order valence-electron chi connectivity index (χ2n) is 3.44. The molecule has 0 fully saturated rings. The summed E-state index contributed by atoms with van der Waals surface area (Å²) in [4.78, 5) is 0. The Morgan fingerprint density at radius 1 is 1.43 bits per heavy atom. The Balaban J connectivity index is 2.30. The van der Waals surface area contributed by atoms with Crippen LogP contribution in [0.4, 0.5) is 0 Å². The van der Waals surface area contributed by atoms with Crippen LogP contribution >= 0.6 is 0 Å². The molecule has 0 radical (unpaired) electrons. The van der Waals surface area contributed by atoms with E-state index in [4.69, 9.17) is 14.3 Å². The smallest absolute Gasteiger partial charge is 0.130 e. The number of aliphatic hydroxyl groups excluding tert-OH is 1. The first-order chi connectivity index (χ1) is 6.76. The van der Waals surface area contributed by atoms with E-state index in [1.54, 1.807) is 6.07 Å². The van der Waals surface area contributed by atoms with Crippen molar-refractivity contribution in [2.45, 2.75) is 46.0 Å². The summed E-state index contributed by atoms with van der Waals surface area (Å²) in [6, 6.07) is 3.60. The van der Waals surface area contributed by atoms with Gasteiger partial charge in [-0.25, -0.2) is 0 Å². The molecule has 3 heteroatoms. The quantitative estimate of drug-likeness (QED) is 0.763. The highest BCUT2D eigenvalue weighted by atomic mass is 16.5. The van der Waals surface area contributed by atoms with Crippen LogP contribution in [-0.4, -0.2) is 11.2 Å². The number of furan rings is 1. The molecule has 1 heterocycles. The van der Waals surface area contributed by atoms with Gasteiger partial charge in [-0.2, -0.15) is 0 Å². The molecule has 3 nitrogen and oxygen atoms in total. The molecule has 0 saturated heterocycles. The molecule has 0 bridgehead atoms. The lowest BCUT2D eigenvalue weighted by Crippen LogP contribution is -2.06. The van der Waals surface area contributed by atoms with Gasteiger partial charge in [0.25, 0.3) is 0 Å². The van der Waals surface area contributed by atoms with Gasteiger partial charge in [-0.1, -0.05) is 13.3 Å². The predicted octanol–water partition coefficient (Wildman–Crippen LogP) is 2.48. The van der Waals surface area contributed by atoms with Crippen molar-refractivity contribution in [2.75, 3.05) is 0 Å². The molecule has 1 N–H and O–H groups in total. The fourth-order valence-corrected chi connectivity index (χ4v) is 1.30. The van der Waals surface area contributed by atoms with Gasteiger partial charge in [0.15, 0.2) is 0 Å². The van der Waals surface area contributed by atoms with Gasteiger partial charge in [0.2, 0.25) is 0 Å². The fourth-order valence-electron chi connectivity index (χ4n) is 1.30. The summed E-state index contributed by atoms with van der Waals surface area (Å²) in [5.74, 6) is 1.36. The summed E-state index contributed by atoms with van der Waals surface area (Å²) < 4.78 is 10.8. The van der Waals surface area contributed by atoms with E-state index in [0.29, 0.717) is 12.4 Å². The first kappa shape index (κ1) is 11.3. The third-order valence-electron chi connectivity index (χ3n) is 2.08. The maximum absolute atomic E-state index is 8.78. The number of rotatable bonds is 6. The number of ether oxygens (including phenoxy) is 1. The van der Waals surface area contributed by atoms with Crippen molar-refractivity contribution in [1.82, 2.24) is 0 Å². The first-order valence-corrected chi connectivity index (χ1v) is 5.06. The number of aliphatic hydroxyl groups is 1. The summed E-state index contributed by atoms with van der Waals surface area (Å²) in [6.45, 7) is 4.63. The third kappa shape index (κ3) is 3.52. The van der Waals surface area contributed by atoms with E-state index in [-0.39, 0.29) is 12.7 Å². The van der Waals surface area contributed by atoms with Crippen LogP contribution in [0.3, 0.4) is 0 Å². The summed E-state index contributed by atoms with van der Waals surface area (Å²) in [6.07, 6.45) is 2.46. The Morgan fingerprint density at radius 3 is 2.71 bits per heavy atom. The average Bonchev–Trinajstić information content (AvgIpc) is 2.63. The van der Waals surface area contributed by atoms with E-state index in [2.05, 4.69) is 13.8 Å². The van der Waals surface area contributed by atoms with Gasteiger partial charge < -0.3 is 14.3 Å². The predicted molar refractivity (Wildman–Crippen MR) is 53.8 cm³/mol. The van der Waals surface area contributed by atoms with E-state index in [9.17, 15) is 0 Å². The summed E-state index contributed by atoms with van der Waals surface area (Å²) in [5, 5.41) is 8.78. The molecule has 1 aromatic heterocycles. The van der Waals surface area contributed by atoms with Crippen LogP contribution in [0, 0.1) is 0 Å². The fraction of sp³-hybridized carbons (Fsp3) is 0.636. The molecular formula is C11H18O3. The van der Waals surface area contributed by atoms with Gasteiger partial charge in [-0.05, 0) is 25.5 Å². The van der Waals surface area contributed by atoms with E-state index in [1.165, 1.54) is 0 Å². The summed E-state index contributed by atoms with van der Waals surface area (Å²) in [7, 11) is 0. The Kier molecular flexibility index (Phi) is 4.70. The van der Waals surface area contributed by atoms with Crippen LogP contribution in [-0.2, 0) is 18.0 Å². The van der Waals surface area contributed by atoms with E-state index < -0.39 is 0 Å². The Bertz CT molecular complexity index is 255. The van der Waals surface area contributed by atoms with Crippen molar-refractivity contribution in [3.63, 3.8) is 0 Å². The lowest BCUT2D eigenvalue weighted by atomic mass is 10.2. The van der Waals surface area contributed by atoms with Crippen LogP contribution in [0.5, 0.6) is 0 Å². The lowest BCUT2D eigenvalue weighted by molar-refractivity contribution is 0.0360. The summed E-state index contributed by atoms with van der Waals surface area (Å²) >= 11 is 0. The molecule has 80 valence electrons. The van der Waals surface area contributed by atoms with Crippen molar-refractivity contribution in [3.05, 3.63) is 23.7 Å². The molecule has 1 rings (SSSR count). The molecule has 0 aromatic carbocycles. The molecule has 0 amide bonds. The normalized spacial score (nSPS) is 13.1. The minimum absolute atomic E-state index is 0.0511. The molecule has 0 spiro atoms. The zero-order valence-electron chi connectivity index (χ0n) is 8.82. The van der Waals surface area contributed by atoms with Crippen LogP contribution in [0.2, 0.25) is 0 Å². The maximum atomic E-state index is 8.78. The van der Waals surface area contributed by atoms with Crippen LogP contribution in [0.15, 0.2) is 16.5 Å². The highest BCUT2D eigenvalue weighted by Crippen LogP contribution is 2.11. The molecule has 1 atom stereocenters. The second-order valence-corrected chi connectivity index (χ2v) is 3.44. The first-order valence-electron chi connectivity index (χ1n) is 5.06. The Morgan fingerprint density at radius 2 is 2.14 bits per heavy atom. The molecule has 1 unspecified atom stereocenters. The minimum atomic E-state index is -0.0511. The van der Waals surface area contributed by atoms with Crippen LogP contribution in [0.25, 0.3) is 0 Å². The topological polar surface area (TPSA) is 42.6 Å². The second kappa shape index (κ2) is 5.83. The highest BCUT2D eigenvalue weighted by Gasteiger charge is 2.04. The van der Waals surface area contributed by atoms with Crippen molar-refractivity contribution in [2.24, 2.45) is 0 Å². The highest BCUT2D eigenvalue weighted by molar-refractivity contribution is 5.05. The SMILES string of the molecule is CCCC(C)OCc1ccc(CO)o1. The van der Waals surface area contributed by atoms with Gasteiger partial charge in [0, 0.05) is 0 Å². The standard InChI is InChI=1S/C11H18O3/c1-3-4-9(2)13-8-11-6-5-10(7-12)14-11/h5-6,9,12H,3-4,7-8H2,1-2H3. The van der Waals surface area contributed by atoms with Crippen molar-refractivity contribution in [1.29, 1.82) is 0 Å². The third-order valence-corrected chi connectivity index (χ3v) is 2.08. The molecule has 0 aliphatic heterocycles. The average molecular weight is 198 g/mol. The van der Waals surface area contributed by atoms with Gasteiger partial charge in [-0.3, -0.25) is 0 Å². The maximum Gasteiger partial charge on any atom is 0.130 e. The van der Waals surface area contributed by atoms with Gasteiger partial charge in [0.05, 0.1) is 6.10 Å². The zero-order valence-corrected chi connectivity index (χ0v) is 8.82. The van der Waals surface area contributed by atoms with E-state index >= 15 is 0 Å². The Hall–Kier alpha value is -0.800. The Labute approximate surface area is 84.7 Å². The largest absolute Gasteiger partial charge is 0.461 e. The molecule has 0 saturated carbocycles. The van der Waals surface area contributed by atoms with E-state index in [1.807, 2.05) is 6.07 Å². The minimum Gasteiger partial charge on any atom is -0.461 e. The molecule has 1 aromatic rings. The van der Waals surface area contributed by atoms with Gasteiger partial charge in [0.1, 0.15) is 24.7 Å². The van der Waals surface area contributed by atoms with Crippen molar-refractivity contribution >= 4 is 0 Å².